The summed E-state index contributed by atoms with van der Waals surface area (Å²) in [4.78, 5) is 2.28. The second-order valence-corrected chi connectivity index (χ2v) is 6.31. The van der Waals surface area contributed by atoms with Crippen LogP contribution < -0.4 is 10.2 Å². The molecule has 0 heterocycles. The van der Waals surface area contributed by atoms with Crippen LogP contribution in [-0.4, -0.2) is 48.3 Å². The lowest BCUT2D eigenvalue weighted by atomic mass is 9.80. The standard InChI is InChI=1S/C15H26BNO3/c1-12(15(2,3)4)17(5)10-11-20-14-8-6-13(7-9-14)16(18)19/h6-9,12,18-19H,10-11H2,1-5H3. The highest BCUT2D eigenvalue weighted by molar-refractivity contribution is 6.58. The molecule has 1 atom stereocenters. The zero-order valence-corrected chi connectivity index (χ0v) is 13.1. The van der Waals surface area contributed by atoms with Gasteiger partial charge in [-0.1, -0.05) is 32.9 Å². The molecule has 0 radical (unpaired) electrons. The summed E-state index contributed by atoms with van der Waals surface area (Å²) in [5.41, 5.74) is 0.712. The molecule has 0 aliphatic rings. The summed E-state index contributed by atoms with van der Waals surface area (Å²) >= 11 is 0. The van der Waals surface area contributed by atoms with Crippen LogP contribution in [0.4, 0.5) is 0 Å². The minimum absolute atomic E-state index is 0.244. The quantitative estimate of drug-likeness (QED) is 0.766. The number of nitrogens with zero attached hydrogens (tertiary/aromatic N) is 1. The molecule has 1 aromatic carbocycles. The monoisotopic (exact) mass is 279 g/mol. The first-order chi connectivity index (χ1) is 9.21. The van der Waals surface area contributed by atoms with Crippen molar-refractivity contribution in [2.45, 2.75) is 33.7 Å². The number of rotatable bonds is 6. The van der Waals surface area contributed by atoms with Gasteiger partial charge in [-0.15, -0.1) is 0 Å². The van der Waals surface area contributed by atoms with Gasteiger partial charge < -0.3 is 14.8 Å². The van der Waals surface area contributed by atoms with Crippen molar-refractivity contribution in [1.82, 2.24) is 4.90 Å². The molecule has 0 aliphatic heterocycles. The molecule has 1 rings (SSSR count). The first kappa shape index (κ1) is 17.0. The van der Waals surface area contributed by atoms with Crippen LogP contribution in [0, 0.1) is 5.41 Å². The van der Waals surface area contributed by atoms with Crippen molar-refractivity contribution in [3.05, 3.63) is 24.3 Å². The van der Waals surface area contributed by atoms with Crippen molar-refractivity contribution in [2.24, 2.45) is 5.41 Å². The zero-order valence-electron chi connectivity index (χ0n) is 13.1. The predicted molar refractivity (Wildman–Crippen MR) is 83.3 cm³/mol. The van der Waals surface area contributed by atoms with Crippen LogP contribution in [0.5, 0.6) is 5.75 Å². The Bertz CT molecular complexity index is 401. The summed E-state index contributed by atoms with van der Waals surface area (Å²) in [5.74, 6) is 0.742. The topological polar surface area (TPSA) is 52.9 Å². The molecule has 0 aliphatic carbocycles. The van der Waals surface area contributed by atoms with Crippen LogP contribution in [0.15, 0.2) is 24.3 Å². The Morgan fingerprint density at radius 2 is 1.75 bits per heavy atom. The van der Waals surface area contributed by atoms with E-state index in [-0.39, 0.29) is 5.41 Å². The second kappa shape index (κ2) is 7.11. The molecule has 1 unspecified atom stereocenters. The summed E-state index contributed by atoms with van der Waals surface area (Å²) < 4.78 is 5.67. The fourth-order valence-electron chi connectivity index (χ4n) is 1.90. The Labute approximate surface area is 122 Å². The molecule has 0 saturated heterocycles. The Morgan fingerprint density at radius 1 is 1.20 bits per heavy atom. The lowest BCUT2D eigenvalue weighted by Crippen LogP contribution is -2.41. The number of ether oxygens (including phenoxy) is 1. The zero-order chi connectivity index (χ0) is 15.3. The van der Waals surface area contributed by atoms with Gasteiger partial charge in [0.25, 0.3) is 0 Å². The maximum Gasteiger partial charge on any atom is 0.488 e. The van der Waals surface area contributed by atoms with Gasteiger partial charge in [-0.05, 0) is 37.0 Å². The van der Waals surface area contributed by atoms with E-state index in [1.54, 1.807) is 24.3 Å². The van der Waals surface area contributed by atoms with Gasteiger partial charge in [0.15, 0.2) is 0 Å². The minimum Gasteiger partial charge on any atom is -0.492 e. The van der Waals surface area contributed by atoms with Crippen molar-refractivity contribution in [2.75, 3.05) is 20.2 Å². The highest BCUT2D eigenvalue weighted by atomic mass is 16.5. The van der Waals surface area contributed by atoms with E-state index in [9.17, 15) is 0 Å². The SMILES string of the molecule is CC(N(C)CCOc1ccc(B(O)O)cc1)C(C)(C)C. The summed E-state index contributed by atoms with van der Waals surface area (Å²) in [6, 6.07) is 7.28. The average molecular weight is 279 g/mol. The first-order valence-electron chi connectivity index (χ1n) is 7.01. The second-order valence-electron chi connectivity index (χ2n) is 6.31. The number of benzene rings is 1. The van der Waals surface area contributed by atoms with E-state index in [2.05, 4.69) is 39.6 Å². The Kier molecular flexibility index (Phi) is 6.05. The van der Waals surface area contributed by atoms with Gasteiger partial charge in [0.2, 0.25) is 0 Å². The van der Waals surface area contributed by atoms with E-state index < -0.39 is 7.12 Å². The largest absolute Gasteiger partial charge is 0.492 e. The Balaban J connectivity index is 2.41. The van der Waals surface area contributed by atoms with Gasteiger partial charge >= 0.3 is 7.12 Å². The van der Waals surface area contributed by atoms with Crippen molar-refractivity contribution >= 4 is 12.6 Å². The molecule has 0 bridgehead atoms. The number of likely N-dealkylation sites (N-methyl/N-ethyl adjacent to an activating group) is 1. The lowest BCUT2D eigenvalue weighted by molar-refractivity contribution is 0.121. The van der Waals surface area contributed by atoms with Crippen LogP contribution >= 0.6 is 0 Å². The summed E-state index contributed by atoms with van der Waals surface area (Å²) in [6.07, 6.45) is 0. The van der Waals surface area contributed by atoms with Crippen LogP contribution in [-0.2, 0) is 0 Å². The van der Waals surface area contributed by atoms with Crippen LogP contribution in [0.25, 0.3) is 0 Å². The Morgan fingerprint density at radius 3 is 2.20 bits per heavy atom. The highest BCUT2D eigenvalue weighted by Crippen LogP contribution is 2.22. The Hall–Kier alpha value is -1.04. The number of hydrogen-bond acceptors (Lipinski definition) is 4. The molecule has 0 spiro atoms. The van der Waals surface area contributed by atoms with Gasteiger partial charge in [0.05, 0.1) is 0 Å². The van der Waals surface area contributed by atoms with Crippen molar-refractivity contribution < 1.29 is 14.8 Å². The molecule has 1 aromatic rings. The molecular weight excluding hydrogens is 253 g/mol. The summed E-state index contributed by atoms with van der Waals surface area (Å²) in [6.45, 7) is 10.4. The molecule has 5 heteroatoms. The van der Waals surface area contributed by atoms with Gasteiger partial charge in [0, 0.05) is 12.6 Å². The van der Waals surface area contributed by atoms with Crippen LogP contribution in [0.3, 0.4) is 0 Å². The molecular formula is C15H26BNO3. The lowest BCUT2D eigenvalue weighted by Gasteiger charge is -2.35. The van der Waals surface area contributed by atoms with E-state index in [0.717, 1.165) is 12.3 Å². The van der Waals surface area contributed by atoms with Crippen molar-refractivity contribution in [3.63, 3.8) is 0 Å². The van der Waals surface area contributed by atoms with E-state index in [1.807, 2.05) is 0 Å². The van der Waals surface area contributed by atoms with Gasteiger partial charge in [-0.2, -0.15) is 0 Å². The highest BCUT2D eigenvalue weighted by Gasteiger charge is 2.23. The van der Waals surface area contributed by atoms with Gasteiger partial charge in [0.1, 0.15) is 12.4 Å². The van der Waals surface area contributed by atoms with Gasteiger partial charge in [-0.3, -0.25) is 4.90 Å². The van der Waals surface area contributed by atoms with E-state index in [0.29, 0.717) is 18.1 Å². The maximum absolute atomic E-state index is 9.01. The molecule has 0 saturated carbocycles. The summed E-state index contributed by atoms with van der Waals surface area (Å²) in [7, 11) is 0.674. The molecule has 0 amide bonds. The molecule has 2 N–H and O–H groups in total. The summed E-state index contributed by atoms with van der Waals surface area (Å²) in [5, 5.41) is 18.0. The third-order valence-corrected chi connectivity index (χ3v) is 3.81. The molecule has 4 nitrogen and oxygen atoms in total. The molecule has 20 heavy (non-hydrogen) atoms. The van der Waals surface area contributed by atoms with Crippen LogP contribution in [0.1, 0.15) is 27.7 Å². The third-order valence-electron chi connectivity index (χ3n) is 3.81. The van der Waals surface area contributed by atoms with Crippen molar-refractivity contribution in [3.8, 4) is 5.75 Å². The number of hydrogen-bond donors (Lipinski definition) is 2. The van der Waals surface area contributed by atoms with Gasteiger partial charge in [-0.25, -0.2) is 0 Å². The molecule has 0 aromatic heterocycles. The average Bonchev–Trinajstić information content (AvgIpc) is 2.37. The molecule has 112 valence electrons. The van der Waals surface area contributed by atoms with E-state index in [4.69, 9.17) is 14.8 Å². The smallest absolute Gasteiger partial charge is 0.488 e. The normalized spacial score (nSPS) is 13.4. The fraction of sp³-hybridized carbons (Fsp3) is 0.600. The van der Waals surface area contributed by atoms with E-state index >= 15 is 0 Å². The molecule has 0 fully saturated rings. The third kappa shape index (κ3) is 5.15. The van der Waals surface area contributed by atoms with Crippen molar-refractivity contribution in [1.29, 1.82) is 0 Å². The predicted octanol–water partition coefficient (Wildman–Crippen LogP) is 1.11. The van der Waals surface area contributed by atoms with Crippen LogP contribution in [0.2, 0.25) is 0 Å². The minimum atomic E-state index is -1.43. The first-order valence-corrected chi connectivity index (χ1v) is 7.01. The van der Waals surface area contributed by atoms with E-state index in [1.165, 1.54) is 0 Å². The maximum atomic E-state index is 9.01. The fourth-order valence-corrected chi connectivity index (χ4v) is 1.90.